The molecule has 33 heavy (non-hydrogen) atoms. The van der Waals surface area contributed by atoms with Crippen LogP contribution in [0.15, 0.2) is 59.1 Å². The number of piperazine rings is 1. The van der Waals surface area contributed by atoms with Gasteiger partial charge >= 0.3 is 0 Å². The summed E-state index contributed by atoms with van der Waals surface area (Å²) in [4.78, 5) is 29.6. The summed E-state index contributed by atoms with van der Waals surface area (Å²) in [5, 5.41) is 5.42. The Labute approximate surface area is 207 Å². The molecule has 3 aromatic rings. The van der Waals surface area contributed by atoms with Crippen LogP contribution in [0.3, 0.4) is 0 Å². The Morgan fingerprint density at radius 2 is 1.61 bits per heavy atom. The minimum absolute atomic E-state index is 0.173. The van der Waals surface area contributed by atoms with Crippen molar-refractivity contribution < 1.29 is 9.59 Å². The monoisotopic (exact) mass is 527 g/mol. The van der Waals surface area contributed by atoms with E-state index in [0.717, 1.165) is 34.0 Å². The molecular weight excluding hydrogens is 502 g/mol. The van der Waals surface area contributed by atoms with Crippen molar-refractivity contribution in [2.45, 2.75) is 20.8 Å². The number of carbonyl (C=O) groups excluding carboxylic acids is 2. The van der Waals surface area contributed by atoms with E-state index in [1.165, 1.54) is 0 Å². The molecule has 5 nitrogen and oxygen atoms in total. The fourth-order valence-corrected chi connectivity index (χ4v) is 4.93. The highest BCUT2D eigenvalue weighted by Gasteiger charge is 2.30. The van der Waals surface area contributed by atoms with Crippen molar-refractivity contribution in [2.75, 3.05) is 36.4 Å². The maximum Gasteiger partial charge on any atom is 0.256 e. The molecule has 0 radical (unpaired) electrons. The Morgan fingerprint density at radius 1 is 0.939 bits per heavy atom. The van der Waals surface area contributed by atoms with E-state index in [-0.39, 0.29) is 17.2 Å². The number of rotatable bonds is 3. The predicted molar refractivity (Wildman–Crippen MR) is 139 cm³/mol. The summed E-state index contributed by atoms with van der Waals surface area (Å²) in [5.41, 5.74) is 1.78. The first-order valence-corrected chi connectivity index (χ1v) is 12.1. The normalized spacial score (nSPS) is 14.5. The second-order valence-electron chi connectivity index (χ2n) is 9.29. The summed E-state index contributed by atoms with van der Waals surface area (Å²) >= 11 is 10.1. The van der Waals surface area contributed by atoms with Gasteiger partial charge in [0, 0.05) is 47.3 Å². The Morgan fingerprint density at radius 3 is 2.27 bits per heavy atom. The van der Waals surface area contributed by atoms with Gasteiger partial charge in [-0.15, -0.1) is 0 Å². The minimum atomic E-state index is -0.375. The number of anilines is 2. The lowest BCUT2D eigenvalue weighted by atomic mass is 9.94. The van der Waals surface area contributed by atoms with Gasteiger partial charge in [0.15, 0.2) is 0 Å². The Bertz CT molecular complexity index is 1210. The molecular formula is C26H27BrClN3O2. The quantitative estimate of drug-likeness (QED) is 0.440. The molecule has 4 rings (SSSR count). The van der Waals surface area contributed by atoms with Crippen molar-refractivity contribution in [1.29, 1.82) is 0 Å². The predicted octanol–water partition coefficient (Wildman–Crippen LogP) is 6.20. The van der Waals surface area contributed by atoms with Crippen LogP contribution in [0.1, 0.15) is 31.1 Å². The molecule has 1 fully saturated rings. The van der Waals surface area contributed by atoms with Crippen LogP contribution < -0.4 is 10.2 Å². The van der Waals surface area contributed by atoms with Gasteiger partial charge in [0.25, 0.3) is 5.91 Å². The van der Waals surface area contributed by atoms with Crippen LogP contribution in [0.5, 0.6) is 0 Å². The Kier molecular flexibility index (Phi) is 6.68. The first kappa shape index (κ1) is 23.6. The molecule has 1 heterocycles. The molecule has 3 aromatic carbocycles. The van der Waals surface area contributed by atoms with Crippen LogP contribution in [0.4, 0.5) is 11.4 Å². The lowest BCUT2D eigenvalue weighted by molar-refractivity contribution is -0.139. The van der Waals surface area contributed by atoms with Crippen molar-refractivity contribution in [3.63, 3.8) is 0 Å². The second-order valence-corrected chi connectivity index (χ2v) is 10.6. The number of hydrogen-bond donors (Lipinski definition) is 1. The molecule has 0 aromatic heterocycles. The summed E-state index contributed by atoms with van der Waals surface area (Å²) in [6, 6.07) is 17.1. The van der Waals surface area contributed by atoms with Crippen LogP contribution in [-0.2, 0) is 4.79 Å². The fourth-order valence-electron chi connectivity index (χ4n) is 4.13. The number of carbonyl (C=O) groups is 2. The third-order valence-corrected chi connectivity index (χ3v) is 6.86. The first-order valence-electron chi connectivity index (χ1n) is 11.0. The largest absolute Gasteiger partial charge is 0.367 e. The van der Waals surface area contributed by atoms with Crippen molar-refractivity contribution in [1.82, 2.24) is 4.90 Å². The van der Waals surface area contributed by atoms with Gasteiger partial charge in [-0.2, -0.15) is 0 Å². The van der Waals surface area contributed by atoms with E-state index in [2.05, 4.69) is 26.1 Å². The molecule has 0 aliphatic carbocycles. The molecule has 172 valence electrons. The summed E-state index contributed by atoms with van der Waals surface area (Å²) < 4.78 is 0.950. The van der Waals surface area contributed by atoms with Crippen molar-refractivity contribution in [3.8, 4) is 0 Å². The maximum atomic E-state index is 13.0. The number of hydrogen-bond acceptors (Lipinski definition) is 3. The topological polar surface area (TPSA) is 52.7 Å². The van der Waals surface area contributed by atoms with Crippen LogP contribution in [-0.4, -0.2) is 42.9 Å². The third-order valence-electron chi connectivity index (χ3n) is 5.87. The smallest absolute Gasteiger partial charge is 0.256 e. The highest BCUT2D eigenvalue weighted by atomic mass is 79.9. The van der Waals surface area contributed by atoms with E-state index >= 15 is 0 Å². The zero-order chi connectivity index (χ0) is 23.8. The Hall–Kier alpha value is -2.57. The summed E-state index contributed by atoms with van der Waals surface area (Å²) in [6.45, 7) is 8.62. The average Bonchev–Trinajstić information content (AvgIpc) is 2.78. The summed E-state index contributed by atoms with van der Waals surface area (Å²) in [5.74, 6) is -0.0106. The van der Waals surface area contributed by atoms with Crippen LogP contribution in [0.25, 0.3) is 10.8 Å². The van der Waals surface area contributed by atoms with E-state index in [0.29, 0.717) is 29.4 Å². The van der Waals surface area contributed by atoms with Gasteiger partial charge in [0.05, 0.1) is 10.7 Å². The van der Waals surface area contributed by atoms with Gasteiger partial charge in [-0.25, -0.2) is 0 Å². The molecule has 7 heteroatoms. The van der Waals surface area contributed by atoms with Gasteiger partial charge in [0.1, 0.15) is 0 Å². The van der Waals surface area contributed by atoms with Crippen LogP contribution in [0.2, 0.25) is 5.02 Å². The SMILES string of the molecule is CC(C)(C)C(=O)N1CCN(c2ccc(NC(=O)c3cccc4c(Br)cccc34)cc2Cl)CC1. The van der Waals surface area contributed by atoms with E-state index in [4.69, 9.17) is 11.6 Å². The van der Waals surface area contributed by atoms with E-state index < -0.39 is 0 Å². The standard InChI is InChI=1S/C26H27BrClN3O2/c1-26(2,3)25(33)31-14-12-30(13-15-31)23-11-10-17(16-22(23)28)29-24(32)20-8-4-7-19-18(20)6-5-9-21(19)27/h4-11,16H,12-15H2,1-3H3,(H,29,32). The van der Waals surface area contributed by atoms with Crippen molar-refractivity contribution >= 4 is 61.5 Å². The van der Waals surface area contributed by atoms with Gasteiger partial charge in [0.2, 0.25) is 5.91 Å². The molecule has 1 N–H and O–H groups in total. The number of nitrogens with one attached hydrogen (secondary N) is 1. The van der Waals surface area contributed by atoms with Gasteiger partial charge in [-0.3, -0.25) is 9.59 Å². The van der Waals surface area contributed by atoms with Crippen molar-refractivity contribution in [2.24, 2.45) is 5.41 Å². The molecule has 2 amide bonds. The van der Waals surface area contributed by atoms with E-state index in [1.54, 1.807) is 6.07 Å². The highest BCUT2D eigenvalue weighted by Crippen LogP contribution is 2.31. The number of benzene rings is 3. The van der Waals surface area contributed by atoms with E-state index in [9.17, 15) is 9.59 Å². The zero-order valence-electron chi connectivity index (χ0n) is 19.0. The van der Waals surface area contributed by atoms with E-state index in [1.807, 2.05) is 74.2 Å². The maximum absolute atomic E-state index is 13.0. The molecule has 0 unspecified atom stereocenters. The first-order chi connectivity index (χ1) is 15.6. The average molecular weight is 529 g/mol. The molecule has 1 saturated heterocycles. The summed E-state index contributed by atoms with van der Waals surface area (Å²) in [6.07, 6.45) is 0. The molecule has 0 bridgehead atoms. The minimum Gasteiger partial charge on any atom is -0.367 e. The van der Waals surface area contributed by atoms with Crippen LogP contribution >= 0.6 is 27.5 Å². The number of amides is 2. The summed E-state index contributed by atoms with van der Waals surface area (Å²) in [7, 11) is 0. The molecule has 1 aliphatic heterocycles. The Balaban J connectivity index is 1.46. The number of fused-ring (bicyclic) bond motifs is 1. The van der Waals surface area contributed by atoms with Crippen LogP contribution in [0, 0.1) is 5.41 Å². The van der Waals surface area contributed by atoms with Gasteiger partial charge in [-0.1, -0.05) is 72.6 Å². The highest BCUT2D eigenvalue weighted by molar-refractivity contribution is 9.10. The lowest BCUT2D eigenvalue weighted by Crippen LogP contribution is -2.51. The van der Waals surface area contributed by atoms with Gasteiger partial charge < -0.3 is 15.1 Å². The molecule has 1 aliphatic rings. The van der Waals surface area contributed by atoms with Crippen molar-refractivity contribution in [3.05, 3.63) is 69.7 Å². The molecule has 0 atom stereocenters. The molecule has 0 spiro atoms. The number of nitrogens with zero attached hydrogens (tertiary/aromatic N) is 2. The van der Waals surface area contributed by atoms with Gasteiger partial charge in [-0.05, 0) is 41.1 Å². The zero-order valence-corrected chi connectivity index (χ0v) is 21.3. The second kappa shape index (κ2) is 9.35. The fraction of sp³-hybridized carbons (Fsp3) is 0.308. The third kappa shape index (κ3) is 5.02. The molecule has 0 saturated carbocycles. The number of halogens is 2. The lowest BCUT2D eigenvalue weighted by Gasteiger charge is -2.39.